The zero-order chi connectivity index (χ0) is 18.7. The second-order valence-electron chi connectivity index (χ2n) is 6.21. The standard InChI is InChI=1S/C20H19ClN2O2S/c1-12-6-13(2)20-17(7-12)18(24)9-16(23-20)10-26-11-19(25)22-15-5-3-4-14(21)8-15/h3-9H,10-11H2,1-2H3,(H,22,25)(H,23,24). The zero-order valence-electron chi connectivity index (χ0n) is 14.6. The Hall–Kier alpha value is -2.24. The molecule has 0 bridgehead atoms. The van der Waals surface area contributed by atoms with Crippen molar-refractivity contribution in [3.05, 3.63) is 74.5 Å². The lowest BCUT2D eigenvalue weighted by atomic mass is 10.1. The van der Waals surface area contributed by atoms with Crippen molar-refractivity contribution in [2.45, 2.75) is 19.6 Å². The van der Waals surface area contributed by atoms with E-state index in [2.05, 4.69) is 10.3 Å². The Morgan fingerprint density at radius 2 is 2.00 bits per heavy atom. The molecular weight excluding hydrogens is 368 g/mol. The smallest absolute Gasteiger partial charge is 0.234 e. The average molecular weight is 387 g/mol. The SMILES string of the molecule is Cc1cc(C)c2[nH]c(CSCC(=O)Nc3cccc(Cl)c3)cc(=O)c2c1. The van der Waals surface area contributed by atoms with Gasteiger partial charge in [-0.2, -0.15) is 0 Å². The Bertz CT molecular complexity index is 1030. The molecule has 1 heterocycles. The number of halogens is 1. The largest absolute Gasteiger partial charge is 0.357 e. The second-order valence-corrected chi connectivity index (χ2v) is 7.64. The van der Waals surface area contributed by atoms with Crippen LogP contribution >= 0.6 is 23.4 Å². The summed E-state index contributed by atoms with van der Waals surface area (Å²) in [6, 6.07) is 12.6. The minimum Gasteiger partial charge on any atom is -0.357 e. The summed E-state index contributed by atoms with van der Waals surface area (Å²) in [6.07, 6.45) is 0. The number of thioether (sulfide) groups is 1. The van der Waals surface area contributed by atoms with Crippen molar-refractivity contribution in [1.82, 2.24) is 4.98 Å². The predicted molar refractivity (Wildman–Crippen MR) is 110 cm³/mol. The minimum absolute atomic E-state index is 0.00419. The fourth-order valence-corrected chi connectivity index (χ4v) is 3.78. The molecule has 0 saturated carbocycles. The van der Waals surface area contributed by atoms with Crippen molar-refractivity contribution in [2.75, 3.05) is 11.1 Å². The van der Waals surface area contributed by atoms with Gasteiger partial charge in [0.25, 0.3) is 0 Å². The summed E-state index contributed by atoms with van der Waals surface area (Å²) in [5.41, 5.74) is 4.47. The van der Waals surface area contributed by atoms with Crippen molar-refractivity contribution >= 4 is 45.9 Å². The lowest BCUT2D eigenvalue weighted by Crippen LogP contribution is -2.14. The topological polar surface area (TPSA) is 62.0 Å². The fraction of sp³-hybridized carbons (Fsp3) is 0.200. The summed E-state index contributed by atoms with van der Waals surface area (Å²) in [5, 5.41) is 4.09. The number of hydrogen-bond donors (Lipinski definition) is 2. The number of aryl methyl sites for hydroxylation is 2. The van der Waals surface area contributed by atoms with Gasteiger partial charge in [-0.1, -0.05) is 23.7 Å². The van der Waals surface area contributed by atoms with E-state index < -0.39 is 0 Å². The van der Waals surface area contributed by atoms with E-state index in [1.54, 1.807) is 30.3 Å². The van der Waals surface area contributed by atoms with Gasteiger partial charge < -0.3 is 10.3 Å². The van der Waals surface area contributed by atoms with Gasteiger partial charge in [0.2, 0.25) is 5.91 Å². The summed E-state index contributed by atoms with van der Waals surface area (Å²) in [6.45, 7) is 3.97. The molecule has 0 aliphatic rings. The predicted octanol–water partition coefficient (Wildman–Crippen LogP) is 4.67. The molecule has 0 unspecified atom stereocenters. The molecule has 2 aromatic carbocycles. The van der Waals surface area contributed by atoms with Gasteiger partial charge in [0.15, 0.2) is 5.43 Å². The summed E-state index contributed by atoms with van der Waals surface area (Å²) in [4.78, 5) is 27.7. The Morgan fingerprint density at radius 1 is 1.19 bits per heavy atom. The first-order valence-electron chi connectivity index (χ1n) is 8.19. The van der Waals surface area contributed by atoms with E-state index in [0.717, 1.165) is 22.3 Å². The molecule has 0 saturated heterocycles. The van der Waals surface area contributed by atoms with Crippen molar-refractivity contribution in [2.24, 2.45) is 0 Å². The molecule has 0 atom stereocenters. The number of aromatic amines is 1. The summed E-state index contributed by atoms with van der Waals surface area (Å²) in [5.74, 6) is 0.744. The van der Waals surface area contributed by atoms with Crippen LogP contribution in [0.4, 0.5) is 5.69 Å². The lowest BCUT2D eigenvalue weighted by Gasteiger charge is -2.08. The molecule has 6 heteroatoms. The normalized spacial score (nSPS) is 10.9. The molecule has 0 aliphatic heterocycles. The number of benzene rings is 2. The molecule has 0 radical (unpaired) electrons. The maximum absolute atomic E-state index is 12.4. The molecule has 134 valence electrons. The highest BCUT2D eigenvalue weighted by Gasteiger charge is 2.08. The summed E-state index contributed by atoms with van der Waals surface area (Å²) < 4.78 is 0. The van der Waals surface area contributed by atoms with Crippen LogP contribution in [0.25, 0.3) is 10.9 Å². The highest BCUT2D eigenvalue weighted by atomic mass is 35.5. The highest BCUT2D eigenvalue weighted by Crippen LogP contribution is 2.19. The molecule has 3 rings (SSSR count). The number of H-pyrrole nitrogens is 1. The second kappa shape index (κ2) is 7.98. The first-order chi connectivity index (χ1) is 12.4. The number of pyridine rings is 1. The fourth-order valence-electron chi connectivity index (χ4n) is 2.86. The molecular formula is C20H19ClN2O2S. The van der Waals surface area contributed by atoms with E-state index in [1.165, 1.54) is 11.8 Å². The van der Waals surface area contributed by atoms with Crippen LogP contribution in [0.5, 0.6) is 0 Å². The summed E-state index contributed by atoms with van der Waals surface area (Å²) >= 11 is 7.36. The Morgan fingerprint density at radius 3 is 2.77 bits per heavy atom. The van der Waals surface area contributed by atoms with Crippen molar-refractivity contribution in [1.29, 1.82) is 0 Å². The highest BCUT2D eigenvalue weighted by molar-refractivity contribution is 7.99. The molecule has 1 aromatic heterocycles. The van der Waals surface area contributed by atoms with Gasteiger partial charge in [-0.3, -0.25) is 9.59 Å². The number of nitrogens with one attached hydrogen (secondary N) is 2. The molecule has 0 spiro atoms. The Kier molecular flexibility index (Phi) is 5.69. The number of amides is 1. The van der Waals surface area contributed by atoms with Crippen LogP contribution in [-0.2, 0) is 10.5 Å². The zero-order valence-corrected chi connectivity index (χ0v) is 16.1. The van der Waals surface area contributed by atoms with Crippen LogP contribution in [0.15, 0.2) is 47.3 Å². The molecule has 26 heavy (non-hydrogen) atoms. The number of carbonyl (C=O) groups excluding carboxylic acids is 1. The minimum atomic E-state index is -0.104. The monoisotopic (exact) mass is 386 g/mol. The maximum Gasteiger partial charge on any atom is 0.234 e. The molecule has 0 fully saturated rings. The van der Waals surface area contributed by atoms with Crippen LogP contribution in [0.2, 0.25) is 5.02 Å². The van der Waals surface area contributed by atoms with Gasteiger partial charge in [0, 0.05) is 33.6 Å². The molecule has 0 aliphatic carbocycles. The van der Waals surface area contributed by atoms with Gasteiger partial charge >= 0.3 is 0 Å². The van der Waals surface area contributed by atoms with Gasteiger partial charge in [-0.25, -0.2) is 0 Å². The first-order valence-corrected chi connectivity index (χ1v) is 9.72. The van der Waals surface area contributed by atoms with Crippen LogP contribution in [0.1, 0.15) is 16.8 Å². The van der Waals surface area contributed by atoms with Crippen LogP contribution < -0.4 is 10.7 Å². The van der Waals surface area contributed by atoms with Gasteiger partial charge in [-0.15, -0.1) is 11.8 Å². The van der Waals surface area contributed by atoms with Crippen LogP contribution in [-0.4, -0.2) is 16.6 Å². The molecule has 3 aromatic rings. The van der Waals surface area contributed by atoms with Gasteiger partial charge in [-0.05, 0) is 49.2 Å². The Labute approximate surface area is 161 Å². The molecule has 1 amide bonds. The summed E-state index contributed by atoms with van der Waals surface area (Å²) in [7, 11) is 0. The lowest BCUT2D eigenvalue weighted by molar-refractivity contribution is -0.113. The number of carbonyl (C=O) groups is 1. The van der Waals surface area contributed by atoms with E-state index in [1.807, 2.05) is 26.0 Å². The van der Waals surface area contributed by atoms with Gasteiger partial charge in [0.05, 0.1) is 11.3 Å². The third kappa shape index (κ3) is 4.48. The number of rotatable bonds is 5. The average Bonchev–Trinajstić information content (AvgIpc) is 2.56. The van der Waals surface area contributed by atoms with Crippen LogP contribution in [0.3, 0.4) is 0 Å². The van der Waals surface area contributed by atoms with E-state index in [-0.39, 0.29) is 11.3 Å². The third-order valence-corrected chi connectivity index (χ3v) is 5.15. The first kappa shape index (κ1) is 18.5. The quantitative estimate of drug-likeness (QED) is 0.669. The maximum atomic E-state index is 12.4. The van der Waals surface area contributed by atoms with E-state index in [0.29, 0.717) is 27.6 Å². The van der Waals surface area contributed by atoms with E-state index in [4.69, 9.17) is 11.6 Å². The third-order valence-electron chi connectivity index (χ3n) is 3.94. The van der Waals surface area contributed by atoms with Crippen LogP contribution in [0, 0.1) is 13.8 Å². The Balaban J connectivity index is 1.65. The van der Waals surface area contributed by atoms with E-state index in [9.17, 15) is 9.59 Å². The molecule has 4 nitrogen and oxygen atoms in total. The number of anilines is 1. The number of aromatic nitrogens is 1. The molecule has 2 N–H and O–H groups in total. The van der Waals surface area contributed by atoms with Crippen molar-refractivity contribution < 1.29 is 4.79 Å². The number of fused-ring (bicyclic) bond motifs is 1. The van der Waals surface area contributed by atoms with Crippen molar-refractivity contribution in [3.63, 3.8) is 0 Å². The van der Waals surface area contributed by atoms with Crippen molar-refractivity contribution in [3.8, 4) is 0 Å². The van der Waals surface area contributed by atoms with E-state index >= 15 is 0 Å². The van der Waals surface area contributed by atoms with Gasteiger partial charge in [0.1, 0.15) is 0 Å². The number of hydrogen-bond acceptors (Lipinski definition) is 3.